The van der Waals surface area contributed by atoms with Crippen molar-refractivity contribution in [1.82, 2.24) is 5.32 Å². The summed E-state index contributed by atoms with van der Waals surface area (Å²) in [4.78, 5) is 22.6. The minimum Gasteiger partial charge on any atom is -0.481 e. The summed E-state index contributed by atoms with van der Waals surface area (Å²) in [5, 5.41) is 11.5. The van der Waals surface area contributed by atoms with Gasteiger partial charge in [0.05, 0.1) is 12.5 Å². The minimum absolute atomic E-state index is 0.288. The number of nitrogens with one attached hydrogen (secondary N) is 1. The highest BCUT2D eigenvalue weighted by Gasteiger charge is 2.21. The molecule has 2 N–H and O–H groups in total. The largest absolute Gasteiger partial charge is 0.481 e. The van der Waals surface area contributed by atoms with Crippen molar-refractivity contribution >= 4 is 11.8 Å². The summed E-state index contributed by atoms with van der Waals surface area (Å²) in [5.74, 6) is -1.82. The molecule has 0 bridgehead atoms. The number of ketones is 1. The smallest absolute Gasteiger partial charge is 0.305 e. The molecule has 0 aliphatic carbocycles. The number of aliphatic carboxylic acids is 1. The van der Waals surface area contributed by atoms with E-state index in [9.17, 15) is 14.0 Å². The average Bonchev–Trinajstić information content (AvgIpc) is 2.28. The first-order valence-corrected chi connectivity index (χ1v) is 5.29. The highest BCUT2D eigenvalue weighted by Crippen LogP contribution is 2.08. The molecule has 4 nitrogen and oxygen atoms in total. The number of likely N-dealkylation sites (N-methyl/N-ethyl adjacent to an activating group) is 1. The van der Waals surface area contributed by atoms with Crippen molar-refractivity contribution in [2.24, 2.45) is 0 Å². The van der Waals surface area contributed by atoms with Gasteiger partial charge in [0.2, 0.25) is 0 Å². The molecule has 5 heteroatoms. The number of carboxylic acids is 1. The van der Waals surface area contributed by atoms with Gasteiger partial charge in [0.1, 0.15) is 5.82 Å². The lowest BCUT2D eigenvalue weighted by Crippen LogP contribution is -2.38. The molecule has 1 rings (SSSR count). The van der Waals surface area contributed by atoms with E-state index in [-0.39, 0.29) is 12.2 Å². The Morgan fingerprint density at radius 2 is 1.94 bits per heavy atom. The molecule has 0 fully saturated rings. The predicted molar refractivity (Wildman–Crippen MR) is 60.4 cm³/mol. The Labute approximate surface area is 98.5 Å². The van der Waals surface area contributed by atoms with E-state index < -0.39 is 17.8 Å². The van der Waals surface area contributed by atoms with Crippen LogP contribution in [0.5, 0.6) is 0 Å². The maximum absolute atomic E-state index is 12.7. The van der Waals surface area contributed by atoms with E-state index in [1.807, 2.05) is 0 Å². The first kappa shape index (κ1) is 13.3. The molecule has 17 heavy (non-hydrogen) atoms. The molecule has 1 atom stereocenters. The van der Waals surface area contributed by atoms with E-state index in [1.54, 1.807) is 6.92 Å². The van der Waals surface area contributed by atoms with Gasteiger partial charge in [-0.05, 0) is 30.8 Å². The molecular weight excluding hydrogens is 225 g/mol. The normalized spacial score (nSPS) is 12.1. The van der Waals surface area contributed by atoms with Gasteiger partial charge in [-0.1, -0.05) is 6.92 Å². The van der Waals surface area contributed by atoms with Gasteiger partial charge in [-0.25, -0.2) is 4.39 Å². The van der Waals surface area contributed by atoms with Crippen molar-refractivity contribution in [2.45, 2.75) is 19.4 Å². The Balaban J connectivity index is 2.83. The van der Waals surface area contributed by atoms with Crippen LogP contribution in [0.1, 0.15) is 23.7 Å². The molecule has 1 aromatic rings. The molecule has 0 heterocycles. The number of carbonyl (C=O) groups is 2. The van der Waals surface area contributed by atoms with Crippen LogP contribution in [0.15, 0.2) is 24.3 Å². The lowest BCUT2D eigenvalue weighted by Gasteiger charge is -2.14. The monoisotopic (exact) mass is 239 g/mol. The lowest BCUT2D eigenvalue weighted by atomic mass is 10.0. The third-order valence-corrected chi connectivity index (χ3v) is 2.27. The molecule has 0 saturated carbocycles. The summed E-state index contributed by atoms with van der Waals surface area (Å²) in [6.07, 6.45) is -0.288. The second-order valence-electron chi connectivity index (χ2n) is 3.58. The van der Waals surface area contributed by atoms with Crippen molar-refractivity contribution in [2.75, 3.05) is 6.54 Å². The van der Waals surface area contributed by atoms with E-state index in [0.717, 1.165) is 0 Å². The van der Waals surface area contributed by atoms with Crippen molar-refractivity contribution in [3.05, 3.63) is 35.6 Å². The van der Waals surface area contributed by atoms with Gasteiger partial charge in [-0.15, -0.1) is 0 Å². The number of benzene rings is 1. The molecule has 0 aliphatic heterocycles. The van der Waals surface area contributed by atoms with E-state index in [2.05, 4.69) is 5.32 Å². The Hall–Kier alpha value is -1.75. The van der Waals surface area contributed by atoms with Crippen LogP contribution in [0.4, 0.5) is 4.39 Å². The molecule has 0 amide bonds. The Morgan fingerprint density at radius 3 is 2.41 bits per heavy atom. The van der Waals surface area contributed by atoms with Gasteiger partial charge in [0.25, 0.3) is 0 Å². The molecule has 0 spiro atoms. The third kappa shape index (κ3) is 3.96. The molecule has 1 aromatic carbocycles. The van der Waals surface area contributed by atoms with Crippen LogP contribution in [0.25, 0.3) is 0 Å². The molecule has 0 radical (unpaired) electrons. The summed E-state index contributed by atoms with van der Waals surface area (Å²) >= 11 is 0. The molecule has 0 aliphatic rings. The van der Waals surface area contributed by atoms with Gasteiger partial charge in [0, 0.05) is 5.56 Å². The second kappa shape index (κ2) is 6.10. The fraction of sp³-hybridized carbons (Fsp3) is 0.333. The zero-order chi connectivity index (χ0) is 12.8. The standard InChI is InChI=1S/C12H14FNO3/c1-2-14-10(7-11(15)16)12(17)8-3-5-9(13)6-4-8/h3-6,10,14H,2,7H2,1H3,(H,15,16). The number of Topliss-reactive ketones (excluding diaryl/α,β-unsaturated/α-hetero) is 1. The van der Waals surface area contributed by atoms with E-state index in [4.69, 9.17) is 5.11 Å². The summed E-state index contributed by atoms with van der Waals surface area (Å²) in [7, 11) is 0. The lowest BCUT2D eigenvalue weighted by molar-refractivity contribution is -0.137. The van der Waals surface area contributed by atoms with Crippen LogP contribution in [0, 0.1) is 5.82 Å². The number of hydrogen-bond donors (Lipinski definition) is 2. The average molecular weight is 239 g/mol. The minimum atomic E-state index is -1.05. The molecule has 92 valence electrons. The zero-order valence-corrected chi connectivity index (χ0v) is 9.44. The van der Waals surface area contributed by atoms with Crippen molar-refractivity contribution in [3.8, 4) is 0 Å². The summed E-state index contributed by atoms with van der Waals surface area (Å²) in [5.41, 5.74) is 0.304. The van der Waals surface area contributed by atoms with Crippen LogP contribution in [-0.2, 0) is 4.79 Å². The maximum atomic E-state index is 12.7. The van der Waals surface area contributed by atoms with Gasteiger partial charge in [-0.3, -0.25) is 9.59 Å². The van der Waals surface area contributed by atoms with Crippen LogP contribution < -0.4 is 5.32 Å². The van der Waals surface area contributed by atoms with Crippen LogP contribution in [0.2, 0.25) is 0 Å². The molecule has 1 unspecified atom stereocenters. The SMILES string of the molecule is CCNC(CC(=O)O)C(=O)c1ccc(F)cc1. The maximum Gasteiger partial charge on any atom is 0.305 e. The fourth-order valence-electron chi connectivity index (χ4n) is 1.49. The first-order valence-electron chi connectivity index (χ1n) is 5.29. The molecule has 0 aromatic heterocycles. The van der Waals surface area contributed by atoms with Crippen LogP contribution in [0.3, 0.4) is 0 Å². The molecule has 0 saturated heterocycles. The highest BCUT2D eigenvalue weighted by atomic mass is 19.1. The van der Waals surface area contributed by atoms with Gasteiger partial charge >= 0.3 is 5.97 Å². The second-order valence-corrected chi connectivity index (χ2v) is 3.58. The van der Waals surface area contributed by atoms with E-state index in [1.165, 1.54) is 24.3 Å². The van der Waals surface area contributed by atoms with Crippen molar-refractivity contribution < 1.29 is 19.1 Å². The van der Waals surface area contributed by atoms with Gasteiger partial charge in [0.15, 0.2) is 5.78 Å². The van der Waals surface area contributed by atoms with E-state index >= 15 is 0 Å². The number of hydrogen-bond acceptors (Lipinski definition) is 3. The van der Waals surface area contributed by atoms with Gasteiger partial charge < -0.3 is 10.4 Å². The van der Waals surface area contributed by atoms with Crippen molar-refractivity contribution in [3.63, 3.8) is 0 Å². The van der Waals surface area contributed by atoms with Crippen molar-refractivity contribution in [1.29, 1.82) is 0 Å². The number of halogens is 1. The Kier molecular flexibility index (Phi) is 4.78. The van der Waals surface area contributed by atoms with Gasteiger partial charge in [-0.2, -0.15) is 0 Å². The zero-order valence-electron chi connectivity index (χ0n) is 9.44. The Bertz CT molecular complexity index is 403. The quantitative estimate of drug-likeness (QED) is 0.737. The third-order valence-electron chi connectivity index (χ3n) is 2.27. The first-order chi connectivity index (χ1) is 8.04. The van der Waals surface area contributed by atoms with E-state index in [0.29, 0.717) is 12.1 Å². The number of rotatable bonds is 6. The summed E-state index contributed by atoms with van der Waals surface area (Å²) < 4.78 is 12.7. The highest BCUT2D eigenvalue weighted by molar-refractivity contribution is 6.01. The topological polar surface area (TPSA) is 66.4 Å². The van der Waals surface area contributed by atoms with Crippen LogP contribution in [-0.4, -0.2) is 29.4 Å². The molecular formula is C12H14FNO3. The number of carboxylic acid groups (broad SMARTS) is 1. The summed E-state index contributed by atoms with van der Waals surface area (Å²) in [6.45, 7) is 2.28. The Morgan fingerprint density at radius 1 is 1.35 bits per heavy atom. The summed E-state index contributed by atoms with van der Waals surface area (Å²) in [6, 6.07) is 4.28. The fourth-order valence-corrected chi connectivity index (χ4v) is 1.49. The van der Waals surface area contributed by atoms with Crippen LogP contribution >= 0.6 is 0 Å². The number of carbonyl (C=O) groups excluding carboxylic acids is 1. The predicted octanol–water partition coefficient (Wildman–Crippen LogP) is 1.46.